The van der Waals surface area contributed by atoms with Crippen LogP contribution in [0.1, 0.15) is 25.0 Å². The van der Waals surface area contributed by atoms with Crippen LogP contribution in [0, 0.1) is 0 Å². The van der Waals surface area contributed by atoms with Gasteiger partial charge in [-0.3, -0.25) is 0 Å². The topological polar surface area (TPSA) is 69.2 Å². The Bertz CT molecular complexity index is 855. The highest BCUT2D eigenvalue weighted by Crippen LogP contribution is 2.36. The third-order valence-corrected chi connectivity index (χ3v) is 4.58. The first-order chi connectivity index (χ1) is 14.0. The van der Waals surface area contributed by atoms with Gasteiger partial charge < -0.3 is 19.6 Å². The van der Waals surface area contributed by atoms with Crippen LogP contribution >= 0.6 is 34.8 Å². The summed E-state index contributed by atoms with van der Waals surface area (Å²) < 4.78 is 15.9. The number of halogens is 3. The first kappa shape index (κ1) is 23.1. The van der Waals surface area contributed by atoms with Crippen molar-refractivity contribution >= 4 is 47.0 Å². The molecule has 0 aliphatic carbocycles. The van der Waals surface area contributed by atoms with Crippen LogP contribution in [0.4, 0.5) is 0 Å². The van der Waals surface area contributed by atoms with E-state index in [0.717, 1.165) is 5.56 Å². The van der Waals surface area contributed by atoms with Crippen molar-refractivity contribution < 1.29 is 19.0 Å². The van der Waals surface area contributed by atoms with Crippen LogP contribution in [0.25, 0.3) is 0 Å². The number of hydrogen-bond acceptors (Lipinski definition) is 6. The average molecular weight is 460 g/mol. The molecule has 0 bridgehead atoms. The van der Waals surface area contributed by atoms with Crippen LogP contribution in [0.3, 0.4) is 0 Å². The minimum absolute atomic E-state index is 0.263. The quantitative estimate of drug-likeness (QED) is 0.304. The molecule has 0 amide bonds. The van der Waals surface area contributed by atoms with Crippen LogP contribution in [0.5, 0.6) is 11.5 Å². The molecular weight excluding hydrogens is 439 g/mol. The minimum atomic E-state index is -0.487. The lowest BCUT2D eigenvalue weighted by atomic mass is 10.2. The van der Waals surface area contributed by atoms with Gasteiger partial charge in [-0.25, -0.2) is 4.79 Å². The SMILES string of the molecule is CCOC(=O)COc1c(Cl)cc(/C=N\NCc2c(Cl)cccc2Cl)cc1OCC. The van der Waals surface area contributed by atoms with E-state index in [-0.39, 0.29) is 24.0 Å². The Hall–Kier alpha value is -2.15. The lowest BCUT2D eigenvalue weighted by Gasteiger charge is -2.14. The fourth-order valence-corrected chi connectivity index (χ4v) is 3.15. The second-order valence-electron chi connectivity index (χ2n) is 5.65. The van der Waals surface area contributed by atoms with Gasteiger partial charge in [-0.1, -0.05) is 40.9 Å². The normalized spacial score (nSPS) is 10.8. The molecule has 0 spiro atoms. The van der Waals surface area contributed by atoms with Gasteiger partial charge in [-0.2, -0.15) is 5.10 Å². The highest BCUT2D eigenvalue weighted by molar-refractivity contribution is 6.36. The zero-order valence-electron chi connectivity index (χ0n) is 16.0. The smallest absolute Gasteiger partial charge is 0.344 e. The average Bonchev–Trinajstić information content (AvgIpc) is 2.67. The third-order valence-electron chi connectivity index (χ3n) is 3.59. The zero-order valence-corrected chi connectivity index (χ0v) is 18.3. The molecule has 29 heavy (non-hydrogen) atoms. The summed E-state index contributed by atoms with van der Waals surface area (Å²) in [7, 11) is 0. The molecule has 0 atom stereocenters. The van der Waals surface area contributed by atoms with Crippen molar-refractivity contribution in [3.05, 3.63) is 56.5 Å². The van der Waals surface area contributed by atoms with Gasteiger partial charge in [0, 0.05) is 15.6 Å². The number of benzene rings is 2. The molecule has 2 rings (SSSR count). The number of ether oxygens (including phenoxy) is 3. The first-order valence-corrected chi connectivity index (χ1v) is 10.0. The van der Waals surface area contributed by atoms with Crippen molar-refractivity contribution in [2.24, 2.45) is 5.10 Å². The second-order valence-corrected chi connectivity index (χ2v) is 6.87. The van der Waals surface area contributed by atoms with E-state index < -0.39 is 5.97 Å². The highest BCUT2D eigenvalue weighted by Gasteiger charge is 2.14. The summed E-state index contributed by atoms with van der Waals surface area (Å²) >= 11 is 18.6. The van der Waals surface area contributed by atoms with Gasteiger partial charge in [-0.05, 0) is 43.7 Å². The molecule has 0 heterocycles. The van der Waals surface area contributed by atoms with Crippen molar-refractivity contribution in [2.75, 3.05) is 19.8 Å². The van der Waals surface area contributed by atoms with Crippen LogP contribution in [-0.4, -0.2) is 32.0 Å². The highest BCUT2D eigenvalue weighted by atomic mass is 35.5. The summed E-state index contributed by atoms with van der Waals surface area (Å²) in [5, 5.41) is 5.58. The Morgan fingerprint density at radius 2 is 1.79 bits per heavy atom. The molecule has 9 heteroatoms. The summed E-state index contributed by atoms with van der Waals surface area (Å²) in [6.07, 6.45) is 1.58. The number of hydrazone groups is 1. The molecule has 0 unspecified atom stereocenters. The van der Waals surface area contributed by atoms with Crippen molar-refractivity contribution in [3.8, 4) is 11.5 Å². The van der Waals surface area contributed by atoms with Gasteiger partial charge in [0.25, 0.3) is 0 Å². The molecule has 6 nitrogen and oxygen atoms in total. The summed E-state index contributed by atoms with van der Waals surface area (Å²) in [6.45, 7) is 4.33. The molecule has 0 fully saturated rings. The monoisotopic (exact) mass is 458 g/mol. The maximum absolute atomic E-state index is 11.5. The zero-order chi connectivity index (χ0) is 21.2. The fourth-order valence-electron chi connectivity index (χ4n) is 2.35. The van der Waals surface area contributed by atoms with E-state index in [4.69, 9.17) is 49.0 Å². The Balaban J connectivity index is 2.08. The molecule has 156 valence electrons. The van der Waals surface area contributed by atoms with Gasteiger partial charge in [0.15, 0.2) is 18.1 Å². The molecule has 0 saturated carbocycles. The number of nitrogens with one attached hydrogen (secondary N) is 1. The van der Waals surface area contributed by atoms with E-state index in [9.17, 15) is 4.79 Å². The first-order valence-electron chi connectivity index (χ1n) is 8.89. The van der Waals surface area contributed by atoms with Crippen LogP contribution in [0.15, 0.2) is 35.4 Å². The predicted molar refractivity (Wildman–Crippen MR) is 116 cm³/mol. The van der Waals surface area contributed by atoms with Gasteiger partial charge in [0.05, 0.1) is 31.0 Å². The number of carbonyl (C=O) groups excluding carboxylic acids is 1. The van der Waals surface area contributed by atoms with Crippen molar-refractivity contribution in [2.45, 2.75) is 20.4 Å². The van der Waals surface area contributed by atoms with Crippen molar-refractivity contribution in [1.29, 1.82) is 0 Å². The molecule has 1 N–H and O–H groups in total. The maximum atomic E-state index is 11.5. The van der Waals surface area contributed by atoms with E-state index >= 15 is 0 Å². The fraction of sp³-hybridized carbons (Fsp3) is 0.300. The van der Waals surface area contributed by atoms with Crippen molar-refractivity contribution in [3.63, 3.8) is 0 Å². The summed E-state index contributed by atoms with van der Waals surface area (Å²) in [5.41, 5.74) is 4.33. The molecular formula is C20H21Cl3N2O4. The summed E-state index contributed by atoms with van der Waals surface area (Å²) in [6, 6.07) is 8.66. The van der Waals surface area contributed by atoms with Gasteiger partial charge in [-0.15, -0.1) is 0 Å². The number of carbonyl (C=O) groups is 1. The standard InChI is InChI=1S/C20H21Cl3N2O4/c1-3-27-18-9-13(8-17(23)20(18)29-12-19(26)28-4-2)10-24-25-11-14-15(21)6-5-7-16(14)22/h5-10,25H,3-4,11-12H2,1-2H3/b24-10-. The molecule has 0 aromatic heterocycles. The van der Waals surface area contributed by atoms with Crippen LogP contribution in [0.2, 0.25) is 15.1 Å². The van der Waals surface area contributed by atoms with E-state index in [1.54, 1.807) is 43.5 Å². The molecule has 0 aliphatic heterocycles. The summed E-state index contributed by atoms with van der Waals surface area (Å²) in [5.74, 6) is 0.188. The second kappa shape index (κ2) is 11.8. The number of rotatable bonds is 10. The lowest BCUT2D eigenvalue weighted by Crippen LogP contribution is -2.15. The van der Waals surface area contributed by atoms with Gasteiger partial charge >= 0.3 is 5.97 Å². The molecule has 2 aromatic rings. The molecule has 0 radical (unpaired) electrons. The third kappa shape index (κ3) is 6.99. The lowest BCUT2D eigenvalue weighted by molar-refractivity contribution is -0.145. The maximum Gasteiger partial charge on any atom is 0.344 e. The van der Waals surface area contributed by atoms with Crippen molar-refractivity contribution in [1.82, 2.24) is 5.43 Å². The number of esters is 1. The van der Waals surface area contributed by atoms with Crippen LogP contribution in [-0.2, 0) is 16.1 Å². The largest absolute Gasteiger partial charge is 0.490 e. The predicted octanol–water partition coefficient (Wildman–Crippen LogP) is 5.11. The Morgan fingerprint density at radius 1 is 1.07 bits per heavy atom. The number of hydrogen-bond donors (Lipinski definition) is 1. The van der Waals surface area contributed by atoms with Gasteiger partial charge in [0.2, 0.25) is 0 Å². The van der Waals surface area contributed by atoms with Crippen LogP contribution < -0.4 is 14.9 Å². The molecule has 2 aromatic carbocycles. The Morgan fingerprint density at radius 3 is 2.45 bits per heavy atom. The molecule has 0 aliphatic rings. The van der Waals surface area contributed by atoms with E-state index in [1.807, 2.05) is 6.92 Å². The van der Waals surface area contributed by atoms with Gasteiger partial charge in [0.1, 0.15) is 0 Å². The minimum Gasteiger partial charge on any atom is -0.490 e. The van der Waals surface area contributed by atoms with E-state index in [2.05, 4.69) is 10.5 Å². The Labute approximate surface area is 184 Å². The van der Waals surface area contributed by atoms with E-state index in [0.29, 0.717) is 34.5 Å². The number of nitrogens with zero attached hydrogens (tertiary/aromatic N) is 1. The summed E-state index contributed by atoms with van der Waals surface area (Å²) in [4.78, 5) is 11.5. The van der Waals surface area contributed by atoms with E-state index in [1.165, 1.54) is 0 Å². The Kier molecular flexibility index (Phi) is 9.38. The molecule has 0 saturated heterocycles.